The van der Waals surface area contributed by atoms with Crippen molar-refractivity contribution in [2.24, 2.45) is 10.9 Å². The van der Waals surface area contributed by atoms with E-state index in [0.717, 1.165) is 6.07 Å². The van der Waals surface area contributed by atoms with Gasteiger partial charge in [0, 0.05) is 0 Å². The number of cyclic esters (lactones) is 1. The van der Waals surface area contributed by atoms with Crippen molar-refractivity contribution >= 4 is 17.7 Å². The number of benzene rings is 1. The van der Waals surface area contributed by atoms with Crippen molar-refractivity contribution < 1.29 is 23.9 Å². The van der Waals surface area contributed by atoms with Gasteiger partial charge in [0.25, 0.3) is 0 Å². The summed E-state index contributed by atoms with van der Waals surface area (Å²) in [6.45, 7) is 3.08. The van der Waals surface area contributed by atoms with Crippen molar-refractivity contribution in [2.75, 3.05) is 6.54 Å². The van der Waals surface area contributed by atoms with Gasteiger partial charge in [0.2, 0.25) is 5.91 Å². The fourth-order valence-electron chi connectivity index (χ4n) is 2.81. The zero-order valence-electron chi connectivity index (χ0n) is 14.5. The molecule has 3 rings (SSSR count). The highest BCUT2D eigenvalue weighted by atomic mass is 19.1. The SMILES string of the molecule is CC(=NO)c1cn(-c2ccc(C(C)(C(N)=O)C3CNC(=O)O3)cc2F)nn1. The maximum Gasteiger partial charge on any atom is 0.407 e. The quantitative estimate of drug-likeness (QED) is 0.393. The summed E-state index contributed by atoms with van der Waals surface area (Å²) >= 11 is 0. The summed E-state index contributed by atoms with van der Waals surface area (Å²) in [4.78, 5) is 23.4. The molecular weight excluding hydrogens is 359 g/mol. The number of primary amides is 1. The Bertz CT molecular complexity index is 943. The molecule has 10 nitrogen and oxygen atoms in total. The third kappa shape index (κ3) is 3.07. The Labute approximate surface area is 152 Å². The van der Waals surface area contributed by atoms with E-state index in [-0.39, 0.29) is 29.2 Å². The highest BCUT2D eigenvalue weighted by Crippen LogP contribution is 2.32. The molecule has 1 fully saturated rings. The van der Waals surface area contributed by atoms with Crippen LogP contribution in [0.5, 0.6) is 0 Å². The number of carbonyl (C=O) groups excluding carboxylic acids is 2. The molecule has 27 heavy (non-hydrogen) atoms. The van der Waals surface area contributed by atoms with E-state index in [1.54, 1.807) is 0 Å². The highest BCUT2D eigenvalue weighted by molar-refractivity contribution is 5.96. The minimum Gasteiger partial charge on any atom is -0.443 e. The van der Waals surface area contributed by atoms with Gasteiger partial charge in [-0.15, -0.1) is 5.10 Å². The number of alkyl carbamates (subject to hydrolysis) is 1. The van der Waals surface area contributed by atoms with Gasteiger partial charge in [-0.05, 0) is 31.5 Å². The van der Waals surface area contributed by atoms with Crippen molar-refractivity contribution in [2.45, 2.75) is 25.4 Å². The Morgan fingerprint density at radius 2 is 2.30 bits per heavy atom. The van der Waals surface area contributed by atoms with E-state index < -0.39 is 29.3 Å². The largest absolute Gasteiger partial charge is 0.443 e. The molecule has 0 bridgehead atoms. The number of hydrogen-bond acceptors (Lipinski definition) is 7. The van der Waals surface area contributed by atoms with Gasteiger partial charge >= 0.3 is 6.09 Å². The van der Waals surface area contributed by atoms with Gasteiger partial charge in [0.15, 0.2) is 0 Å². The first-order chi connectivity index (χ1) is 12.8. The van der Waals surface area contributed by atoms with Crippen molar-refractivity contribution in [1.82, 2.24) is 20.3 Å². The van der Waals surface area contributed by atoms with Gasteiger partial charge in [-0.3, -0.25) is 4.79 Å². The maximum absolute atomic E-state index is 14.7. The predicted molar refractivity (Wildman–Crippen MR) is 90.1 cm³/mol. The molecule has 2 aromatic rings. The Morgan fingerprint density at radius 1 is 1.56 bits per heavy atom. The van der Waals surface area contributed by atoms with Crippen LogP contribution < -0.4 is 11.1 Å². The molecule has 4 N–H and O–H groups in total. The van der Waals surface area contributed by atoms with Crippen molar-refractivity contribution in [1.29, 1.82) is 0 Å². The van der Waals surface area contributed by atoms with E-state index in [9.17, 15) is 14.0 Å². The molecule has 0 radical (unpaired) electrons. The van der Waals surface area contributed by atoms with Crippen molar-refractivity contribution in [3.63, 3.8) is 0 Å². The zero-order valence-corrected chi connectivity index (χ0v) is 14.5. The van der Waals surface area contributed by atoms with Crippen LogP contribution in [-0.2, 0) is 14.9 Å². The molecule has 2 unspecified atom stereocenters. The van der Waals surface area contributed by atoms with Gasteiger partial charge in [-0.25, -0.2) is 13.9 Å². The van der Waals surface area contributed by atoms with E-state index in [2.05, 4.69) is 20.8 Å². The molecule has 2 heterocycles. The van der Waals surface area contributed by atoms with Gasteiger partial charge < -0.3 is 21.0 Å². The molecule has 2 amide bonds. The van der Waals surface area contributed by atoms with E-state index in [4.69, 9.17) is 15.7 Å². The average molecular weight is 376 g/mol. The van der Waals surface area contributed by atoms with Gasteiger partial charge in [-0.2, -0.15) is 0 Å². The lowest BCUT2D eigenvalue weighted by atomic mass is 9.76. The van der Waals surface area contributed by atoms with Crippen LogP contribution >= 0.6 is 0 Å². The number of halogens is 1. The van der Waals surface area contributed by atoms with E-state index in [1.165, 1.54) is 36.9 Å². The molecule has 1 saturated heterocycles. The van der Waals surface area contributed by atoms with E-state index >= 15 is 0 Å². The summed E-state index contributed by atoms with van der Waals surface area (Å²) in [5, 5.41) is 21.8. The monoisotopic (exact) mass is 376 g/mol. The maximum atomic E-state index is 14.7. The lowest BCUT2D eigenvalue weighted by Crippen LogP contribution is -2.49. The average Bonchev–Trinajstić information content (AvgIpc) is 3.29. The third-order valence-electron chi connectivity index (χ3n) is 4.65. The molecule has 11 heteroatoms. The van der Waals surface area contributed by atoms with Gasteiger partial charge in [-0.1, -0.05) is 16.4 Å². The number of aromatic nitrogens is 3. The molecule has 0 saturated carbocycles. The lowest BCUT2D eigenvalue weighted by Gasteiger charge is -2.31. The third-order valence-corrected chi connectivity index (χ3v) is 4.65. The number of rotatable bonds is 5. The zero-order chi connectivity index (χ0) is 19.8. The molecular formula is C16H17FN6O4. The number of oxime groups is 1. The Balaban J connectivity index is 1.99. The van der Waals surface area contributed by atoms with Gasteiger partial charge in [0.05, 0.1) is 12.7 Å². The highest BCUT2D eigenvalue weighted by Gasteiger charge is 2.47. The standard InChI is InChI=1S/C16H17FN6O4/c1-8(21-26)11-7-23(22-20-11)12-4-3-9(5-10(12)17)16(2,14(18)24)13-6-19-15(25)27-13/h3-5,7,13,26H,6H2,1-2H3,(H2,18,24)(H,19,25). The summed E-state index contributed by atoms with van der Waals surface area (Å²) in [5.41, 5.74) is 4.92. The van der Waals surface area contributed by atoms with Crippen LogP contribution in [0, 0.1) is 5.82 Å². The predicted octanol–water partition coefficient (Wildman–Crippen LogP) is 0.456. The fourth-order valence-corrected chi connectivity index (χ4v) is 2.81. The lowest BCUT2D eigenvalue weighted by molar-refractivity contribution is -0.126. The first kappa shape index (κ1) is 18.3. The Morgan fingerprint density at radius 3 is 2.85 bits per heavy atom. The molecule has 0 aliphatic carbocycles. The second-order valence-corrected chi connectivity index (χ2v) is 6.24. The van der Waals surface area contributed by atoms with E-state index in [0.29, 0.717) is 0 Å². The number of nitrogens with zero attached hydrogens (tertiary/aromatic N) is 4. The molecule has 1 aromatic heterocycles. The second-order valence-electron chi connectivity index (χ2n) is 6.24. The molecule has 0 spiro atoms. The topological polar surface area (TPSA) is 145 Å². The van der Waals surface area contributed by atoms with Crippen LogP contribution in [0.2, 0.25) is 0 Å². The molecule has 1 aliphatic heterocycles. The van der Waals surface area contributed by atoms with Crippen molar-refractivity contribution in [3.05, 3.63) is 41.5 Å². The summed E-state index contributed by atoms with van der Waals surface area (Å²) in [7, 11) is 0. The summed E-state index contributed by atoms with van der Waals surface area (Å²) < 4.78 is 21.0. The normalized spacial score (nSPS) is 19.3. The molecule has 2 atom stereocenters. The van der Waals surface area contributed by atoms with Crippen LogP contribution in [0.3, 0.4) is 0 Å². The van der Waals surface area contributed by atoms with Crippen LogP contribution in [-0.4, -0.2) is 50.6 Å². The van der Waals surface area contributed by atoms with Crippen LogP contribution in [0.1, 0.15) is 25.1 Å². The van der Waals surface area contributed by atoms with Gasteiger partial charge in [0.1, 0.15) is 34.4 Å². The minimum atomic E-state index is -1.42. The summed E-state index contributed by atoms with van der Waals surface area (Å²) in [6.07, 6.45) is -0.141. The fraction of sp³-hybridized carbons (Fsp3) is 0.312. The minimum absolute atomic E-state index is 0.0663. The van der Waals surface area contributed by atoms with Crippen LogP contribution in [0.4, 0.5) is 9.18 Å². The molecule has 1 aromatic carbocycles. The smallest absolute Gasteiger partial charge is 0.407 e. The number of carbonyl (C=O) groups is 2. The molecule has 1 aliphatic rings. The number of amides is 2. The number of nitrogens with one attached hydrogen (secondary N) is 1. The number of ether oxygens (including phenoxy) is 1. The number of hydrogen-bond donors (Lipinski definition) is 3. The van der Waals surface area contributed by atoms with E-state index in [1.807, 2.05) is 0 Å². The Hall–Kier alpha value is -3.50. The summed E-state index contributed by atoms with van der Waals surface area (Å²) in [5.74, 6) is -1.44. The number of nitrogens with two attached hydrogens (primary N) is 1. The first-order valence-electron chi connectivity index (χ1n) is 7.93. The van der Waals surface area contributed by atoms with Crippen molar-refractivity contribution in [3.8, 4) is 5.69 Å². The first-order valence-corrected chi connectivity index (χ1v) is 7.93. The summed E-state index contributed by atoms with van der Waals surface area (Å²) in [6, 6.07) is 4.05. The Kier molecular flexibility index (Phi) is 4.52. The second kappa shape index (κ2) is 6.67. The van der Waals surface area contributed by atoms with Crippen LogP contribution in [0.25, 0.3) is 5.69 Å². The van der Waals surface area contributed by atoms with Crippen LogP contribution in [0.15, 0.2) is 29.6 Å². The molecule has 142 valence electrons.